The van der Waals surface area contributed by atoms with Crippen LogP contribution in [0.15, 0.2) is 30.3 Å². The number of alkyl halides is 2. The third-order valence-electron chi connectivity index (χ3n) is 1.05. The first-order valence-electron chi connectivity index (χ1n) is 2.64. The van der Waals surface area contributed by atoms with E-state index in [0.29, 0.717) is 5.56 Å². The lowest BCUT2D eigenvalue weighted by Crippen LogP contribution is -1.77. The SMILES string of the molecule is Cl.FC(Br)c1ccccc1. The first kappa shape index (κ1) is 9.92. The predicted molar refractivity (Wildman–Crippen MR) is 46.5 cm³/mol. The van der Waals surface area contributed by atoms with Crippen LogP contribution in [0, 0.1) is 0 Å². The van der Waals surface area contributed by atoms with Gasteiger partial charge in [-0.25, -0.2) is 4.39 Å². The maximum absolute atomic E-state index is 12.4. The van der Waals surface area contributed by atoms with Gasteiger partial charge in [0, 0.05) is 0 Å². The van der Waals surface area contributed by atoms with Crippen LogP contribution in [0.2, 0.25) is 0 Å². The van der Waals surface area contributed by atoms with Crippen molar-refractivity contribution in [2.45, 2.75) is 5.08 Å². The molecule has 0 saturated carbocycles. The average Bonchev–Trinajstić information content (AvgIpc) is 1.90. The van der Waals surface area contributed by atoms with Crippen molar-refractivity contribution in [1.29, 1.82) is 0 Å². The second kappa shape index (κ2) is 4.69. The summed E-state index contributed by atoms with van der Waals surface area (Å²) in [5.74, 6) is 0. The van der Waals surface area contributed by atoms with Gasteiger partial charge in [0.25, 0.3) is 0 Å². The Morgan fingerprint density at radius 1 is 1.20 bits per heavy atom. The molecule has 0 nitrogen and oxygen atoms in total. The van der Waals surface area contributed by atoms with Crippen molar-refractivity contribution in [2.75, 3.05) is 0 Å². The standard InChI is InChI=1S/C7H6BrF.ClH/c8-7(9)6-4-2-1-3-5-6;/h1-5,7H;1H. The Labute approximate surface area is 74.0 Å². The number of hydrogen-bond acceptors (Lipinski definition) is 0. The van der Waals surface area contributed by atoms with Crippen LogP contribution in [0.25, 0.3) is 0 Å². The lowest BCUT2D eigenvalue weighted by molar-refractivity contribution is 0.479. The van der Waals surface area contributed by atoms with Gasteiger partial charge in [-0.2, -0.15) is 0 Å². The average molecular weight is 225 g/mol. The second-order valence-electron chi connectivity index (χ2n) is 1.71. The van der Waals surface area contributed by atoms with Crippen LogP contribution in [0.5, 0.6) is 0 Å². The zero-order chi connectivity index (χ0) is 6.69. The van der Waals surface area contributed by atoms with Crippen LogP contribution in [0.1, 0.15) is 10.6 Å². The molecule has 0 bridgehead atoms. The van der Waals surface area contributed by atoms with E-state index in [1.807, 2.05) is 18.2 Å². The molecule has 0 aliphatic heterocycles. The van der Waals surface area contributed by atoms with Crippen LogP contribution in [-0.4, -0.2) is 0 Å². The molecule has 0 radical (unpaired) electrons. The third-order valence-corrected chi connectivity index (χ3v) is 1.58. The molecule has 10 heavy (non-hydrogen) atoms. The molecule has 1 rings (SSSR count). The first-order valence-corrected chi connectivity index (χ1v) is 3.55. The summed E-state index contributed by atoms with van der Waals surface area (Å²) in [4.78, 5) is 0. The summed E-state index contributed by atoms with van der Waals surface area (Å²) in [6.07, 6.45) is 0. The van der Waals surface area contributed by atoms with Gasteiger partial charge < -0.3 is 0 Å². The number of hydrogen-bond donors (Lipinski definition) is 0. The van der Waals surface area contributed by atoms with E-state index in [9.17, 15) is 4.39 Å². The molecule has 1 aromatic carbocycles. The normalized spacial score (nSPS) is 11.8. The van der Waals surface area contributed by atoms with Gasteiger partial charge in [0.15, 0.2) is 5.08 Å². The van der Waals surface area contributed by atoms with E-state index in [1.54, 1.807) is 12.1 Å². The van der Waals surface area contributed by atoms with Crippen LogP contribution in [0.4, 0.5) is 4.39 Å². The molecule has 3 heteroatoms. The fraction of sp³-hybridized carbons (Fsp3) is 0.143. The zero-order valence-electron chi connectivity index (χ0n) is 5.13. The van der Waals surface area contributed by atoms with Crippen LogP contribution >= 0.6 is 28.3 Å². The minimum absolute atomic E-state index is 0. The zero-order valence-corrected chi connectivity index (χ0v) is 7.53. The molecule has 1 unspecified atom stereocenters. The lowest BCUT2D eigenvalue weighted by atomic mass is 10.2. The summed E-state index contributed by atoms with van der Waals surface area (Å²) >= 11 is 2.82. The lowest BCUT2D eigenvalue weighted by Gasteiger charge is -1.96. The van der Waals surface area contributed by atoms with Crippen molar-refractivity contribution in [2.24, 2.45) is 0 Å². The smallest absolute Gasteiger partial charge is 0.180 e. The highest BCUT2D eigenvalue weighted by Gasteiger charge is 2.00. The van der Waals surface area contributed by atoms with Gasteiger partial charge in [0.2, 0.25) is 0 Å². The van der Waals surface area contributed by atoms with Gasteiger partial charge in [-0.05, 0) is 21.5 Å². The van der Waals surface area contributed by atoms with Gasteiger partial charge >= 0.3 is 0 Å². The second-order valence-corrected chi connectivity index (χ2v) is 2.52. The number of rotatable bonds is 1. The maximum atomic E-state index is 12.4. The largest absolute Gasteiger partial charge is 0.230 e. The molecule has 0 aliphatic carbocycles. The summed E-state index contributed by atoms with van der Waals surface area (Å²) in [6.45, 7) is 0. The monoisotopic (exact) mass is 224 g/mol. The Morgan fingerprint density at radius 2 is 1.70 bits per heavy atom. The van der Waals surface area contributed by atoms with Crippen molar-refractivity contribution in [1.82, 2.24) is 0 Å². The minimum atomic E-state index is -1.03. The van der Waals surface area contributed by atoms with Gasteiger partial charge in [0.1, 0.15) is 0 Å². The number of benzene rings is 1. The van der Waals surface area contributed by atoms with Crippen molar-refractivity contribution in [3.63, 3.8) is 0 Å². The van der Waals surface area contributed by atoms with Crippen molar-refractivity contribution >= 4 is 28.3 Å². The molecule has 0 spiro atoms. The summed E-state index contributed by atoms with van der Waals surface area (Å²) in [7, 11) is 0. The van der Waals surface area contributed by atoms with Crippen molar-refractivity contribution in [3.8, 4) is 0 Å². The fourth-order valence-electron chi connectivity index (χ4n) is 0.599. The highest BCUT2D eigenvalue weighted by Crippen LogP contribution is 2.22. The topological polar surface area (TPSA) is 0 Å². The van der Waals surface area contributed by atoms with E-state index in [2.05, 4.69) is 15.9 Å². The molecule has 0 fully saturated rings. The molecule has 0 amide bonds. The van der Waals surface area contributed by atoms with Gasteiger partial charge in [-0.15, -0.1) is 12.4 Å². The Balaban J connectivity index is 0.000000810. The molecular formula is C7H7BrClF. The minimum Gasteiger partial charge on any atom is -0.230 e. The molecule has 1 atom stereocenters. The third kappa shape index (κ3) is 2.67. The van der Waals surface area contributed by atoms with E-state index in [1.165, 1.54) is 0 Å². The predicted octanol–water partition coefficient (Wildman–Crippen LogP) is 3.47. The maximum Gasteiger partial charge on any atom is 0.180 e. The van der Waals surface area contributed by atoms with Crippen molar-refractivity contribution < 1.29 is 4.39 Å². The summed E-state index contributed by atoms with van der Waals surface area (Å²) < 4.78 is 12.4. The molecule has 1 aromatic rings. The van der Waals surface area contributed by atoms with Gasteiger partial charge in [0.05, 0.1) is 0 Å². The van der Waals surface area contributed by atoms with Crippen LogP contribution < -0.4 is 0 Å². The molecule has 56 valence electrons. The fourth-order valence-corrected chi connectivity index (χ4v) is 0.904. The molecular weight excluding hydrogens is 218 g/mol. The van der Waals surface area contributed by atoms with Crippen LogP contribution in [-0.2, 0) is 0 Å². The molecule has 0 aliphatic rings. The molecule has 0 aromatic heterocycles. The Kier molecular flexibility index (Phi) is 4.65. The van der Waals surface area contributed by atoms with Crippen LogP contribution in [0.3, 0.4) is 0 Å². The van der Waals surface area contributed by atoms with E-state index in [0.717, 1.165) is 0 Å². The summed E-state index contributed by atoms with van der Waals surface area (Å²) in [6, 6.07) is 8.95. The highest BCUT2D eigenvalue weighted by molar-refractivity contribution is 9.09. The van der Waals surface area contributed by atoms with E-state index >= 15 is 0 Å². The molecule has 0 N–H and O–H groups in total. The first-order chi connectivity index (χ1) is 4.30. The quantitative estimate of drug-likeness (QED) is 0.642. The molecule has 0 heterocycles. The Hall–Kier alpha value is -0.0800. The summed E-state index contributed by atoms with van der Waals surface area (Å²) in [5, 5.41) is -1.03. The number of halogens is 3. The van der Waals surface area contributed by atoms with E-state index < -0.39 is 5.08 Å². The van der Waals surface area contributed by atoms with E-state index in [4.69, 9.17) is 0 Å². The van der Waals surface area contributed by atoms with Gasteiger partial charge in [-0.1, -0.05) is 30.3 Å². The Morgan fingerprint density at radius 3 is 2.00 bits per heavy atom. The highest BCUT2D eigenvalue weighted by atomic mass is 79.9. The summed E-state index contributed by atoms with van der Waals surface area (Å²) in [5.41, 5.74) is 0.664. The van der Waals surface area contributed by atoms with Crippen molar-refractivity contribution in [3.05, 3.63) is 35.9 Å². The molecule has 0 saturated heterocycles. The van der Waals surface area contributed by atoms with E-state index in [-0.39, 0.29) is 12.4 Å². The Bertz CT molecular complexity index is 176. The van der Waals surface area contributed by atoms with Gasteiger partial charge in [-0.3, -0.25) is 0 Å².